The first-order valence-electron chi connectivity index (χ1n) is 49.3. The standard InChI is InChI=1S/C29H36N6O3S.C27H31FN4O4S.C27H34N4O4S.C26H29FN4O4S/c1-21-17-29(2,3)35(18-21)27-24(11-8-15-30-27)28(36)33-39(37,38)26-13-7-12-25(32-26)31-23-14-16-34(20-23)19-22-9-5-4-6-10-22;1-17-15-27(4,5)32(16-17)25-21(14-13-18(2)29-25)26(33)31-37(34,35)24-12-8-11-23(30-24)36-19(3)20-9-6-7-10-22(20)28;1-6-35-24-12-9-18(2)14-22(24)23-11-10-21(25(29-23)31-17-19(3)15-27(31,4)5)26(32)30-36(33,34)20-8-7-13-28-16-20;1-17-15-26(3,4)31(16-17)24-21(10-7-13-28-24)25(32)30-36(33,34)23-12-6-11-22(29-23)35-18(2)19-8-5-9-20(27)14-19/h4-13,15,21,23H,14,16-20H2,1-3H3,(H,31,32)(H,33,36);6-14,17,19H,15-16H2,1-5H3,(H,31,33);7-14,19,28H,6,15-17H2,1-5H3,(H,30,32);5-14,17-18H,15-16H2,1-4H3,(H,30,32)/t;;19-;/m..0./s1. The van der Waals surface area contributed by atoms with Gasteiger partial charge in [-0.1, -0.05) is 118 Å². The van der Waals surface area contributed by atoms with Gasteiger partial charge in [0, 0.05) is 115 Å². The van der Waals surface area contributed by atoms with Gasteiger partial charge in [-0.15, -0.1) is 0 Å². The molecule has 0 saturated carbocycles. The predicted octanol–water partition coefficient (Wildman–Crippen LogP) is 17.4. The number of carbonyl (C=O) groups is 4. The summed E-state index contributed by atoms with van der Waals surface area (Å²) in [6, 6.07) is 54.7. The van der Waals surface area contributed by atoms with Gasteiger partial charge >= 0.3 is 0 Å². The first-order valence-corrected chi connectivity index (χ1v) is 55.3. The quantitative estimate of drug-likeness (QED) is 0.0253. The van der Waals surface area contributed by atoms with Gasteiger partial charge in [-0.2, -0.15) is 35.2 Å². The van der Waals surface area contributed by atoms with Crippen LogP contribution in [0.5, 0.6) is 17.5 Å². The Hall–Kier alpha value is -13.9. The molecule has 784 valence electrons. The highest BCUT2D eigenvalue weighted by molar-refractivity contribution is 7.94. The molecule has 4 aromatic carbocycles. The number of carbonyl (C=O) groups excluding carboxylic acids is 4. The van der Waals surface area contributed by atoms with Crippen molar-refractivity contribution in [1.82, 2.24) is 64.0 Å². The summed E-state index contributed by atoms with van der Waals surface area (Å²) in [6.45, 7) is 40.6. The van der Waals surface area contributed by atoms with Gasteiger partial charge in [-0.25, -0.2) is 61.0 Å². The first-order chi connectivity index (χ1) is 69.9. The molecule has 5 fully saturated rings. The average molecular weight is 2100 g/mol. The van der Waals surface area contributed by atoms with E-state index in [9.17, 15) is 61.6 Å². The van der Waals surface area contributed by atoms with Crippen molar-refractivity contribution in [3.63, 3.8) is 0 Å². The Bertz CT molecular complexity index is 7270. The number of benzene rings is 4. The number of rotatable bonds is 29. The lowest BCUT2D eigenvalue weighted by atomic mass is 9.97. The third kappa shape index (κ3) is 27.0. The monoisotopic (exact) mass is 2100 g/mol. The maximum Gasteiger partial charge on any atom is 0.281 e. The van der Waals surface area contributed by atoms with Gasteiger partial charge in [-0.3, -0.25) is 24.1 Å². The number of sulfonamides is 4. The number of anilines is 5. The van der Waals surface area contributed by atoms with Crippen molar-refractivity contribution in [1.29, 1.82) is 0 Å². The zero-order chi connectivity index (χ0) is 107. The minimum Gasteiger partial charge on any atom is -0.493 e. The molecule has 6 aliphatic rings. The van der Waals surface area contributed by atoms with E-state index in [1.54, 1.807) is 130 Å². The number of aryl methyl sites for hydroxylation is 2. The summed E-state index contributed by atoms with van der Waals surface area (Å²) in [5.74, 6) is 0.794. The van der Waals surface area contributed by atoms with Crippen molar-refractivity contribution in [2.24, 2.45) is 23.7 Å². The van der Waals surface area contributed by atoms with Crippen LogP contribution in [0.4, 0.5) is 37.9 Å². The smallest absolute Gasteiger partial charge is 0.281 e. The molecule has 148 heavy (non-hydrogen) atoms. The van der Waals surface area contributed by atoms with Crippen molar-refractivity contribution in [2.75, 3.05) is 77.3 Å². The molecular weight excluding hydrogens is 1970 g/mol. The topological polar surface area (TPSA) is 411 Å². The summed E-state index contributed by atoms with van der Waals surface area (Å²) in [4.78, 5) is 94.7. The van der Waals surface area contributed by atoms with Crippen LogP contribution in [-0.4, -0.2) is 178 Å². The zero-order valence-electron chi connectivity index (χ0n) is 86.3. The first kappa shape index (κ1) is 110. The molecule has 0 bridgehead atoms. The molecule has 5 saturated heterocycles. The van der Waals surface area contributed by atoms with Gasteiger partial charge in [0.25, 0.3) is 63.7 Å². The molecule has 6 aliphatic heterocycles. The number of aromatic nitrogens is 7. The van der Waals surface area contributed by atoms with E-state index in [2.05, 4.69) is 174 Å². The van der Waals surface area contributed by atoms with Crippen molar-refractivity contribution in [3.05, 3.63) is 298 Å². The van der Waals surface area contributed by atoms with Crippen LogP contribution in [0.25, 0.3) is 11.3 Å². The molecule has 0 spiro atoms. The lowest BCUT2D eigenvalue weighted by molar-refractivity contribution is 0.0972. The van der Waals surface area contributed by atoms with E-state index < -0.39 is 92.6 Å². The normalized spacial score (nSPS) is 19.0. The van der Waals surface area contributed by atoms with E-state index in [-0.39, 0.29) is 83.7 Å². The number of allylic oxidation sites excluding steroid dienone is 2. The van der Waals surface area contributed by atoms with E-state index in [1.807, 2.05) is 62.1 Å². The zero-order valence-corrected chi connectivity index (χ0v) is 89.5. The van der Waals surface area contributed by atoms with E-state index in [0.717, 1.165) is 75.1 Å². The Balaban J connectivity index is 0.000000156. The van der Waals surface area contributed by atoms with Crippen molar-refractivity contribution in [2.45, 2.75) is 212 Å². The molecule has 0 radical (unpaired) electrons. The fourth-order valence-corrected chi connectivity index (χ4v) is 23.9. The van der Waals surface area contributed by atoms with Crippen molar-refractivity contribution < 1.29 is 75.8 Å². The van der Waals surface area contributed by atoms with Gasteiger partial charge in [0.2, 0.25) is 11.8 Å². The lowest BCUT2D eigenvalue weighted by Gasteiger charge is -2.34. The minimum absolute atomic E-state index is 0.0171. The fourth-order valence-electron chi connectivity index (χ4n) is 20.1. The van der Waals surface area contributed by atoms with E-state index >= 15 is 0 Å². The molecule has 33 nitrogen and oxygen atoms in total. The lowest BCUT2D eigenvalue weighted by Crippen LogP contribution is -2.41. The second kappa shape index (κ2) is 45.8. The van der Waals surface area contributed by atoms with Crippen LogP contribution in [0.1, 0.15) is 218 Å². The molecule has 39 heteroatoms. The molecular formula is C109H130F2N18O15S4. The van der Waals surface area contributed by atoms with Crippen molar-refractivity contribution in [3.8, 4) is 28.8 Å². The molecule has 7 atom stereocenters. The number of pyridine rings is 7. The van der Waals surface area contributed by atoms with Crippen LogP contribution in [0.15, 0.2) is 251 Å². The molecule has 0 aliphatic carbocycles. The molecule has 6 N–H and O–H groups in total. The Labute approximate surface area is 866 Å². The summed E-state index contributed by atoms with van der Waals surface area (Å²) < 4.78 is 158. The summed E-state index contributed by atoms with van der Waals surface area (Å²) in [6.07, 6.45) is 11.3. The third-order valence-corrected chi connectivity index (χ3v) is 31.7. The molecule has 4 amide bonds. The number of amides is 4. The predicted molar refractivity (Wildman–Crippen MR) is 567 cm³/mol. The molecule has 17 rings (SSSR count). The highest BCUT2D eigenvalue weighted by atomic mass is 32.2. The molecule has 7 aromatic heterocycles. The van der Waals surface area contributed by atoms with Gasteiger partial charge in [0.1, 0.15) is 58.7 Å². The van der Waals surface area contributed by atoms with Gasteiger partial charge in [-0.05, 0) is 278 Å². The largest absolute Gasteiger partial charge is 0.493 e. The van der Waals surface area contributed by atoms with Crippen LogP contribution in [0, 0.1) is 49.2 Å². The molecule has 11 aromatic rings. The van der Waals surface area contributed by atoms with E-state index in [0.29, 0.717) is 102 Å². The Morgan fingerprint density at radius 3 is 1.43 bits per heavy atom. The summed E-state index contributed by atoms with van der Waals surface area (Å²) in [5.41, 5.74) is 5.27. The molecule has 13 heterocycles. The van der Waals surface area contributed by atoms with Crippen LogP contribution in [0.2, 0.25) is 0 Å². The SMILES string of the molecule is CC1CN(c2ncccc2C(=O)NS(=O)(=O)c2cccc(NC3CCN(Cc4ccccc4)C3)n2)C(C)(C)C1.CC1CN(c2ncccc2C(=O)NS(=O)(=O)c2cccc(OC(C)c3cccc(F)c3)n2)C(C)(C)C1.CCOc1ccc(C)cc1-c1ccc(C(=O)NS(=O)(=O)C2=CC=CNC2)c(N2C[C@@H](C)CC2(C)C)n1.Cc1ccc(C(=O)NS(=O)(=O)c2cccc(OC(C)c3ccccc3F)n2)c(N2CC(C)CC2(C)C)n1. The number of dihydropyridines is 1. The highest BCUT2D eigenvalue weighted by Gasteiger charge is 2.45. The van der Waals surface area contributed by atoms with Crippen LogP contribution in [-0.2, 0) is 46.6 Å². The van der Waals surface area contributed by atoms with Crippen LogP contribution >= 0.6 is 0 Å². The van der Waals surface area contributed by atoms with Gasteiger partial charge in [0.15, 0.2) is 15.1 Å². The number of ether oxygens (including phenoxy) is 3. The third-order valence-electron chi connectivity index (χ3n) is 26.6. The van der Waals surface area contributed by atoms with Crippen LogP contribution < -0.4 is 63.3 Å². The Morgan fingerprint density at radius 1 is 0.473 bits per heavy atom. The number of nitrogens with one attached hydrogen (secondary N) is 6. The average Bonchev–Trinajstić information content (AvgIpc) is 1.56. The number of hydrogen-bond acceptors (Lipinski definition) is 29. The van der Waals surface area contributed by atoms with Gasteiger partial charge < -0.3 is 44.4 Å². The van der Waals surface area contributed by atoms with Crippen LogP contribution in [0.3, 0.4) is 0 Å². The number of halogens is 2. The number of hydrogen-bond donors (Lipinski definition) is 6. The molecule has 6 unspecified atom stereocenters. The Kier molecular flexibility index (Phi) is 34.0. The number of nitrogens with zero attached hydrogens (tertiary/aromatic N) is 12. The summed E-state index contributed by atoms with van der Waals surface area (Å²) >= 11 is 0. The van der Waals surface area contributed by atoms with Gasteiger partial charge in [0.05, 0.1) is 46.0 Å². The number of likely N-dealkylation sites (tertiary alicyclic amines) is 1. The van der Waals surface area contributed by atoms with E-state index in [1.165, 1.54) is 72.3 Å². The van der Waals surface area contributed by atoms with Crippen molar-refractivity contribution >= 4 is 92.8 Å². The minimum atomic E-state index is -4.34. The summed E-state index contributed by atoms with van der Waals surface area (Å²) in [5, 5.41) is 5.25. The second-order valence-corrected chi connectivity index (χ2v) is 47.7. The maximum absolute atomic E-state index is 14.1. The van der Waals surface area contributed by atoms with E-state index in [4.69, 9.17) is 19.2 Å². The fraction of sp³-hybridized carbons (Fsp3) is 0.385. The highest BCUT2D eigenvalue weighted by Crippen LogP contribution is 2.44. The summed E-state index contributed by atoms with van der Waals surface area (Å²) in [7, 11) is -16.9. The second-order valence-electron chi connectivity index (χ2n) is 41.1. The Morgan fingerprint density at radius 2 is 0.939 bits per heavy atom. The maximum atomic E-state index is 14.1.